The topological polar surface area (TPSA) is 61.8 Å². The lowest BCUT2D eigenvalue weighted by molar-refractivity contribution is 0.150. The van der Waals surface area contributed by atoms with Gasteiger partial charge in [0, 0.05) is 62.6 Å². The minimum atomic E-state index is 0. The lowest BCUT2D eigenvalue weighted by Gasteiger charge is -2.34. The number of likely N-dealkylation sites (tertiary alicyclic amines) is 1. The maximum Gasteiger partial charge on any atom is 0.191 e. The fraction of sp³-hybridized carbons (Fsp3) is 0.818. The molecule has 3 heterocycles. The predicted molar refractivity (Wildman–Crippen MR) is 137 cm³/mol. The largest absolute Gasteiger partial charge is 0.381 e. The van der Waals surface area contributed by atoms with Crippen molar-refractivity contribution in [1.29, 1.82) is 0 Å². The van der Waals surface area contributed by atoms with E-state index in [9.17, 15) is 0 Å². The number of nitrogens with one attached hydrogen (secondary N) is 2. The van der Waals surface area contributed by atoms with Gasteiger partial charge in [-0.15, -0.1) is 35.3 Å². The molecule has 8 heteroatoms. The van der Waals surface area contributed by atoms with Gasteiger partial charge in [-0.3, -0.25) is 4.99 Å². The highest BCUT2D eigenvalue weighted by Crippen LogP contribution is 2.24. The van der Waals surface area contributed by atoms with Crippen LogP contribution in [0.25, 0.3) is 0 Å². The third-order valence-corrected chi connectivity index (χ3v) is 6.64. The normalized spacial score (nSPS) is 21.5. The second-order valence-corrected chi connectivity index (χ2v) is 10.3. The van der Waals surface area contributed by atoms with E-state index in [1.54, 1.807) is 11.3 Å². The van der Waals surface area contributed by atoms with Gasteiger partial charge in [0.25, 0.3) is 0 Å². The van der Waals surface area contributed by atoms with E-state index in [2.05, 4.69) is 48.6 Å². The Bertz CT molecular complexity index is 646. The zero-order valence-corrected chi connectivity index (χ0v) is 22.2. The van der Waals surface area contributed by atoms with Crippen LogP contribution < -0.4 is 10.6 Å². The van der Waals surface area contributed by atoms with E-state index in [1.807, 2.05) is 0 Å². The van der Waals surface area contributed by atoms with Crippen molar-refractivity contribution in [3.8, 4) is 0 Å². The fourth-order valence-corrected chi connectivity index (χ4v) is 4.91. The first-order valence-corrected chi connectivity index (χ1v) is 12.1. The van der Waals surface area contributed by atoms with Gasteiger partial charge in [-0.2, -0.15) is 0 Å². The zero-order valence-electron chi connectivity index (χ0n) is 19.1. The molecule has 0 saturated carbocycles. The van der Waals surface area contributed by atoms with Gasteiger partial charge in [-0.1, -0.05) is 20.8 Å². The highest BCUT2D eigenvalue weighted by atomic mass is 127. The van der Waals surface area contributed by atoms with Crippen molar-refractivity contribution in [2.24, 2.45) is 10.9 Å². The number of halogens is 1. The number of rotatable bonds is 7. The third-order valence-electron chi connectivity index (χ3n) is 5.73. The fourth-order valence-electron chi connectivity index (χ4n) is 3.90. The maximum atomic E-state index is 5.52. The second-order valence-electron chi connectivity index (χ2n) is 9.34. The lowest BCUT2D eigenvalue weighted by Crippen LogP contribution is -2.49. The Labute approximate surface area is 203 Å². The number of thiazole rings is 1. The van der Waals surface area contributed by atoms with Gasteiger partial charge in [0.15, 0.2) is 5.96 Å². The molecule has 0 aliphatic carbocycles. The quantitative estimate of drug-likeness (QED) is 0.309. The van der Waals surface area contributed by atoms with Crippen molar-refractivity contribution < 1.29 is 4.74 Å². The summed E-state index contributed by atoms with van der Waals surface area (Å²) in [7, 11) is 0. The van der Waals surface area contributed by atoms with E-state index in [0.717, 1.165) is 44.6 Å². The standard InChI is InChI=1S/C22H39N5OS.HI/c1-5-23-21(24-10-6-20-26-19(16-29-20)22(2,3)4)25-18-7-11-27(12-8-18)14-17-9-13-28-15-17;/h16-18H,5-15H2,1-4H3,(H2,23,24,25);1H. The summed E-state index contributed by atoms with van der Waals surface area (Å²) in [5.41, 5.74) is 1.30. The van der Waals surface area contributed by atoms with Crippen LogP contribution in [0.3, 0.4) is 0 Å². The van der Waals surface area contributed by atoms with Crippen LogP contribution in [-0.4, -0.2) is 67.8 Å². The highest BCUT2D eigenvalue weighted by molar-refractivity contribution is 14.0. The van der Waals surface area contributed by atoms with Gasteiger partial charge in [0.05, 0.1) is 17.3 Å². The van der Waals surface area contributed by atoms with Crippen LogP contribution in [0.5, 0.6) is 0 Å². The molecular formula is C22H40IN5OS. The summed E-state index contributed by atoms with van der Waals surface area (Å²) in [6, 6.07) is 0.510. The molecule has 1 aromatic heterocycles. The van der Waals surface area contributed by atoms with Gasteiger partial charge < -0.3 is 20.3 Å². The molecule has 2 aliphatic heterocycles. The number of aliphatic imine (C=N–C) groups is 1. The average molecular weight is 550 g/mol. The lowest BCUT2D eigenvalue weighted by atomic mass is 9.93. The summed E-state index contributed by atoms with van der Waals surface area (Å²) in [6.07, 6.45) is 4.49. The third kappa shape index (κ3) is 8.24. The maximum absolute atomic E-state index is 5.52. The Hall–Kier alpha value is -0.450. The van der Waals surface area contributed by atoms with E-state index in [1.165, 1.54) is 49.6 Å². The van der Waals surface area contributed by atoms with Gasteiger partial charge in [-0.05, 0) is 32.1 Å². The van der Waals surface area contributed by atoms with Crippen molar-refractivity contribution in [2.45, 2.75) is 64.8 Å². The highest BCUT2D eigenvalue weighted by Gasteiger charge is 2.24. The smallest absolute Gasteiger partial charge is 0.191 e. The first-order chi connectivity index (χ1) is 13.9. The number of aromatic nitrogens is 1. The molecule has 0 spiro atoms. The summed E-state index contributed by atoms with van der Waals surface area (Å²) in [4.78, 5) is 12.2. The van der Waals surface area contributed by atoms with Crippen LogP contribution in [0.1, 0.15) is 57.7 Å². The first-order valence-electron chi connectivity index (χ1n) is 11.2. The van der Waals surface area contributed by atoms with Crippen molar-refractivity contribution in [3.05, 3.63) is 16.1 Å². The molecule has 0 radical (unpaired) electrons. The van der Waals surface area contributed by atoms with E-state index in [-0.39, 0.29) is 29.4 Å². The number of ether oxygens (including phenoxy) is 1. The van der Waals surface area contributed by atoms with E-state index in [0.29, 0.717) is 6.04 Å². The minimum Gasteiger partial charge on any atom is -0.381 e. The molecule has 2 N–H and O–H groups in total. The van der Waals surface area contributed by atoms with E-state index >= 15 is 0 Å². The molecule has 1 aromatic rings. The minimum absolute atomic E-state index is 0. The van der Waals surface area contributed by atoms with Gasteiger partial charge >= 0.3 is 0 Å². The summed E-state index contributed by atoms with van der Waals surface area (Å²) in [6.45, 7) is 15.9. The molecule has 2 aliphatic rings. The molecule has 1 unspecified atom stereocenters. The van der Waals surface area contributed by atoms with Crippen LogP contribution >= 0.6 is 35.3 Å². The Morgan fingerprint density at radius 3 is 2.67 bits per heavy atom. The summed E-state index contributed by atoms with van der Waals surface area (Å²) < 4.78 is 5.52. The van der Waals surface area contributed by atoms with Crippen LogP contribution in [0, 0.1) is 5.92 Å². The van der Waals surface area contributed by atoms with Gasteiger partial charge in [0.2, 0.25) is 0 Å². The Kier molecular flexibility index (Phi) is 10.8. The van der Waals surface area contributed by atoms with Crippen LogP contribution in [0.4, 0.5) is 0 Å². The summed E-state index contributed by atoms with van der Waals surface area (Å²) in [5, 5.41) is 10.4. The molecule has 3 rings (SSSR count). The predicted octanol–water partition coefficient (Wildman–Crippen LogP) is 3.66. The number of guanidine groups is 1. The SMILES string of the molecule is CCNC(=NCCc1nc(C(C)(C)C)cs1)NC1CCN(CC2CCOC2)CC1.I. The van der Waals surface area contributed by atoms with Crippen molar-refractivity contribution in [2.75, 3.05) is 45.9 Å². The number of piperidine rings is 1. The Morgan fingerprint density at radius 1 is 1.30 bits per heavy atom. The summed E-state index contributed by atoms with van der Waals surface area (Å²) in [5.74, 6) is 1.69. The molecular weight excluding hydrogens is 509 g/mol. The Balaban J connectivity index is 0.00000320. The van der Waals surface area contributed by atoms with Crippen LogP contribution in [-0.2, 0) is 16.6 Å². The van der Waals surface area contributed by atoms with Gasteiger partial charge in [0.1, 0.15) is 0 Å². The van der Waals surface area contributed by atoms with E-state index in [4.69, 9.17) is 14.7 Å². The first kappa shape index (κ1) is 25.8. The summed E-state index contributed by atoms with van der Waals surface area (Å²) >= 11 is 1.75. The molecule has 2 fully saturated rings. The molecule has 2 saturated heterocycles. The molecule has 0 amide bonds. The molecule has 172 valence electrons. The Morgan fingerprint density at radius 2 is 2.07 bits per heavy atom. The monoisotopic (exact) mass is 549 g/mol. The van der Waals surface area contributed by atoms with Crippen molar-refractivity contribution in [1.82, 2.24) is 20.5 Å². The molecule has 1 atom stereocenters. The van der Waals surface area contributed by atoms with Crippen molar-refractivity contribution in [3.63, 3.8) is 0 Å². The molecule has 0 bridgehead atoms. The van der Waals surface area contributed by atoms with Gasteiger partial charge in [-0.25, -0.2) is 4.98 Å². The second kappa shape index (κ2) is 12.6. The van der Waals surface area contributed by atoms with E-state index < -0.39 is 0 Å². The molecule has 6 nitrogen and oxygen atoms in total. The van der Waals surface area contributed by atoms with Crippen molar-refractivity contribution >= 4 is 41.3 Å². The van der Waals surface area contributed by atoms with Crippen LogP contribution in [0.15, 0.2) is 10.4 Å². The van der Waals surface area contributed by atoms with Crippen LogP contribution in [0.2, 0.25) is 0 Å². The number of hydrogen-bond donors (Lipinski definition) is 2. The average Bonchev–Trinajstić information content (AvgIpc) is 3.35. The number of hydrogen-bond acceptors (Lipinski definition) is 5. The molecule has 0 aromatic carbocycles. The molecule has 30 heavy (non-hydrogen) atoms. The number of nitrogens with zero attached hydrogens (tertiary/aromatic N) is 3. The zero-order chi connectivity index (χ0) is 20.7.